The molecule has 2 rings (SSSR count). The van der Waals surface area contributed by atoms with Crippen LogP contribution >= 0.6 is 0 Å². The first-order valence-electron chi connectivity index (χ1n) is 6.45. The zero-order valence-electron chi connectivity index (χ0n) is 11.8. The summed E-state index contributed by atoms with van der Waals surface area (Å²) in [6, 6.07) is 0. The minimum atomic E-state index is -3.69. The number of hydrogen-bond acceptors (Lipinski definition) is 4. The second-order valence-corrected chi connectivity index (χ2v) is 7.47. The number of hydrogen-bond donors (Lipinski definition) is 2. The van der Waals surface area contributed by atoms with Gasteiger partial charge in [-0.2, -0.15) is 9.40 Å². The molecule has 1 fully saturated rings. The number of nitrogens with one attached hydrogen (secondary N) is 1. The molecular formula is C12H19N3O4S. The number of H-pyrrole nitrogens is 1. The summed E-state index contributed by atoms with van der Waals surface area (Å²) in [7, 11) is -3.69. The highest BCUT2D eigenvalue weighted by Crippen LogP contribution is 2.40. The number of nitrogens with zero attached hydrogens (tertiary/aromatic N) is 2. The number of aliphatic carboxylic acids is 1. The lowest BCUT2D eigenvalue weighted by molar-refractivity contribution is -0.150. The lowest BCUT2D eigenvalue weighted by Crippen LogP contribution is -2.40. The summed E-state index contributed by atoms with van der Waals surface area (Å²) in [6.45, 7) is 5.48. The number of rotatable bonds is 4. The van der Waals surface area contributed by atoms with Crippen molar-refractivity contribution in [2.75, 3.05) is 13.1 Å². The Morgan fingerprint density at radius 1 is 1.55 bits per heavy atom. The third-order valence-electron chi connectivity index (χ3n) is 4.20. The highest BCUT2D eigenvalue weighted by atomic mass is 32.2. The topological polar surface area (TPSA) is 103 Å². The maximum absolute atomic E-state index is 12.5. The number of aromatic amines is 1. The third kappa shape index (κ3) is 2.12. The minimum Gasteiger partial charge on any atom is -0.481 e. The summed E-state index contributed by atoms with van der Waals surface area (Å²) in [5, 5.41) is 15.8. The molecule has 1 aromatic heterocycles. The van der Waals surface area contributed by atoms with Crippen LogP contribution in [0.5, 0.6) is 0 Å². The van der Waals surface area contributed by atoms with E-state index in [9.17, 15) is 18.3 Å². The normalized spacial score (nSPS) is 24.4. The van der Waals surface area contributed by atoms with Gasteiger partial charge in [0.15, 0.2) is 0 Å². The Labute approximate surface area is 118 Å². The van der Waals surface area contributed by atoms with Crippen LogP contribution in [0.25, 0.3) is 0 Å². The van der Waals surface area contributed by atoms with Crippen LogP contribution < -0.4 is 0 Å². The summed E-state index contributed by atoms with van der Waals surface area (Å²) in [4.78, 5) is 11.7. The molecule has 1 aromatic rings. The van der Waals surface area contributed by atoms with Gasteiger partial charge in [-0.25, -0.2) is 8.42 Å². The average molecular weight is 301 g/mol. The second-order valence-electron chi connectivity index (χ2n) is 5.56. The van der Waals surface area contributed by atoms with Crippen molar-refractivity contribution in [1.29, 1.82) is 0 Å². The van der Waals surface area contributed by atoms with Crippen LogP contribution in [0.4, 0.5) is 0 Å². The molecule has 1 unspecified atom stereocenters. The van der Waals surface area contributed by atoms with Gasteiger partial charge in [0.1, 0.15) is 4.90 Å². The van der Waals surface area contributed by atoms with Gasteiger partial charge in [0.05, 0.1) is 17.3 Å². The van der Waals surface area contributed by atoms with Gasteiger partial charge in [-0.15, -0.1) is 0 Å². The van der Waals surface area contributed by atoms with Crippen molar-refractivity contribution in [1.82, 2.24) is 14.5 Å². The standard InChI is InChI=1S/C12H19N3O4S/c1-8(2)12(11(16)17)4-5-15(7-12)20(18,19)10-6-13-14-9(10)3/h6,8H,4-5,7H2,1-3H3,(H,13,14)(H,16,17). The highest BCUT2D eigenvalue weighted by Gasteiger charge is 2.50. The van der Waals surface area contributed by atoms with Crippen LogP contribution in [0.3, 0.4) is 0 Å². The molecule has 2 N–H and O–H groups in total. The maximum atomic E-state index is 12.5. The Balaban J connectivity index is 2.34. The molecule has 112 valence electrons. The van der Waals surface area contributed by atoms with Gasteiger partial charge in [-0.3, -0.25) is 9.89 Å². The number of carboxylic acids is 1. The van der Waals surface area contributed by atoms with Crippen molar-refractivity contribution in [3.05, 3.63) is 11.9 Å². The smallest absolute Gasteiger partial charge is 0.311 e. The van der Waals surface area contributed by atoms with E-state index in [0.717, 1.165) is 0 Å². The molecule has 0 amide bonds. The number of sulfonamides is 1. The van der Waals surface area contributed by atoms with E-state index in [-0.39, 0.29) is 23.9 Å². The first kappa shape index (κ1) is 15.0. The van der Waals surface area contributed by atoms with E-state index < -0.39 is 21.4 Å². The summed E-state index contributed by atoms with van der Waals surface area (Å²) in [5.74, 6) is -1.07. The Hall–Kier alpha value is -1.41. The Morgan fingerprint density at radius 3 is 2.60 bits per heavy atom. The zero-order chi connectivity index (χ0) is 15.1. The molecule has 0 radical (unpaired) electrons. The van der Waals surface area contributed by atoms with E-state index >= 15 is 0 Å². The van der Waals surface area contributed by atoms with Crippen LogP contribution in [0, 0.1) is 18.3 Å². The zero-order valence-corrected chi connectivity index (χ0v) is 12.6. The van der Waals surface area contributed by atoms with Crippen LogP contribution in [0.2, 0.25) is 0 Å². The molecule has 7 nitrogen and oxygen atoms in total. The van der Waals surface area contributed by atoms with Crippen molar-refractivity contribution >= 4 is 16.0 Å². The minimum absolute atomic E-state index is 0.00690. The van der Waals surface area contributed by atoms with Crippen molar-refractivity contribution in [2.24, 2.45) is 11.3 Å². The molecule has 0 aromatic carbocycles. The predicted octanol–water partition coefficient (Wildman–Crippen LogP) is 0.840. The third-order valence-corrected chi connectivity index (χ3v) is 6.16. The fraction of sp³-hybridized carbons (Fsp3) is 0.667. The molecule has 20 heavy (non-hydrogen) atoms. The Morgan fingerprint density at radius 2 is 2.20 bits per heavy atom. The summed E-state index contributed by atoms with van der Waals surface area (Å²) in [5.41, 5.74) is -0.549. The van der Waals surface area contributed by atoms with E-state index in [4.69, 9.17) is 0 Å². The molecule has 1 aliphatic heterocycles. The van der Waals surface area contributed by atoms with Gasteiger partial charge < -0.3 is 5.11 Å². The highest BCUT2D eigenvalue weighted by molar-refractivity contribution is 7.89. The van der Waals surface area contributed by atoms with E-state index in [2.05, 4.69) is 10.2 Å². The fourth-order valence-corrected chi connectivity index (χ4v) is 4.26. The summed E-state index contributed by atoms with van der Waals surface area (Å²) >= 11 is 0. The van der Waals surface area contributed by atoms with Crippen LogP contribution in [-0.4, -0.2) is 47.1 Å². The maximum Gasteiger partial charge on any atom is 0.311 e. The Kier molecular flexibility index (Phi) is 3.64. The first-order valence-corrected chi connectivity index (χ1v) is 7.89. The SMILES string of the molecule is Cc1[nH]ncc1S(=O)(=O)N1CCC(C(=O)O)(C(C)C)C1. The Bertz CT molecular complexity index is 622. The van der Waals surface area contributed by atoms with Crippen LogP contribution in [0.15, 0.2) is 11.1 Å². The van der Waals surface area contributed by atoms with Crippen molar-refractivity contribution in [3.63, 3.8) is 0 Å². The lowest BCUT2D eigenvalue weighted by atomic mass is 9.77. The fourth-order valence-electron chi connectivity index (χ4n) is 2.63. The molecule has 2 heterocycles. The van der Waals surface area contributed by atoms with Crippen LogP contribution in [-0.2, 0) is 14.8 Å². The van der Waals surface area contributed by atoms with E-state index in [1.165, 1.54) is 10.5 Å². The van der Waals surface area contributed by atoms with E-state index in [1.807, 2.05) is 13.8 Å². The van der Waals surface area contributed by atoms with E-state index in [1.54, 1.807) is 6.92 Å². The molecule has 0 saturated carbocycles. The van der Waals surface area contributed by atoms with Crippen LogP contribution in [0.1, 0.15) is 26.0 Å². The van der Waals surface area contributed by atoms with Gasteiger partial charge in [0.2, 0.25) is 10.0 Å². The largest absolute Gasteiger partial charge is 0.481 e. The predicted molar refractivity (Wildman–Crippen MR) is 71.6 cm³/mol. The lowest BCUT2D eigenvalue weighted by Gasteiger charge is -2.28. The van der Waals surface area contributed by atoms with Crippen molar-refractivity contribution < 1.29 is 18.3 Å². The molecule has 1 aliphatic rings. The van der Waals surface area contributed by atoms with Crippen molar-refractivity contribution in [2.45, 2.75) is 32.1 Å². The quantitative estimate of drug-likeness (QED) is 0.857. The van der Waals surface area contributed by atoms with Crippen molar-refractivity contribution in [3.8, 4) is 0 Å². The van der Waals surface area contributed by atoms with Gasteiger partial charge in [-0.1, -0.05) is 13.8 Å². The number of carbonyl (C=O) groups is 1. The van der Waals surface area contributed by atoms with E-state index in [0.29, 0.717) is 12.1 Å². The molecule has 1 saturated heterocycles. The van der Waals surface area contributed by atoms with Gasteiger partial charge in [-0.05, 0) is 19.3 Å². The molecule has 8 heteroatoms. The number of aromatic nitrogens is 2. The molecule has 1 atom stereocenters. The molecule has 0 bridgehead atoms. The summed E-state index contributed by atoms with van der Waals surface area (Å²) in [6.07, 6.45) is 1.59. The monoisotopic (exact) mass is 301 g/mol. The molecule has 0 spiro atoms. The van der Waals surface area contributed by atoms with Gasteiger partial charge in [0, 0.05) is 13.1 Å². The molecule has 0 aliphatic carbocycles. The second kappa shape index (κ2) is 4.85. The average Bonchev–Trinajstić information content (AvgIpc) is 2.95. The number of aryl methyl sites for hydroxylation is 1. The van der Waals surface area contributed by atoms with Gasteiger partial charge in [0.25, 0.3) is 0 Å². The molecular weight excluding hydrogens is 282 g/mol. The summed E-state index contributed by atoms with van der Waals surface area (Å²) < 4.78 is 26.3. The van der Waals surface area contributed by atoms with Gasteiger partial charge >= 0.3 is 5.97 Å². The number of carboxylic acid groups (broad SMARTS) is 1. The first-order chi connectivity index (χ1) is 9.21.